The van der Waals surface area contributed by atoms with Gasteiger partial charge in [-0.05, 0) is 31.5 Å². The van der Waals surface area contributed by atoms with Crippen LogP contribution in [0.5, 0.6) is 0 Å². The molecular formula is C14H17N3O2. The van der Waals surface area contributed by atoms with Crippen molar-refractivity contribution in [2.75, 3.05) is 12.4 Å². The van der Waals surface area contributed by atoms with Gasteiger partial charge in [-0.1, -0.05) is 6.07 Å². The number of carbonyl (C=O) groups is 1. The summed E-state index contributed by atoms with van der Waals surface area (Å²) in [6, 6.07) is 5.52. The highest BCUT2D eigenvalue weighted by atomic mass is 16.5. The zero-order valence-corrected chi connectivity index (χ0v) is 11.3. The first-order chi connectivity index (χ1) is 9.13. The van der Waals surface area contributed by atoms with Crippen molar-refractivity contribution < 1.29 is 9.53 Å². The molecule has 2 N–H and O–H groups in total. The number of carbonyl (C=O) groups excluding carboxylic acids is 1. The maximum atomic E-state index is 11.6. The molecule has 2 rings (SSSR count). The number of aromatic nitrogens is 2. The Morgan fingerprint density at radius 1 is 1.42 bits per heavy atom. The standard InChI is InChI=1S/C14H17N3O2/c1-9-11(14(18)19-3)5-4-6-12(9)15-7-13-10(2)16-8-17-13/h4-6,8,15H,7H2,1-3H3,(H,16,17). The van der Waals surface area contributed by atoms with E-state index in [4.69, 9.17) is 4.74 Å². The van der Waals surface area contributed by atoms with E-state index in [0.29, 0.717) is 12.1 Å². The van der Waals surface area contributed by atoms with Crippen molar-refractivity contribution in [3.63, 3.8) is 0 Å². The van der Waals surface area contributed by atoms with Crippen LogP contribution in [0, 0.1) is 13.8 Å². The Morgan fingerprint density at radius 2 is 2.21 bits per heavy atom. The van der Waals surface area contributed by atoms with Gasteiger partial charge in [0.1, 0.15) is 0 Å². The topological polar surface area (TPSA) is 67.0 Å². The van der Waals surface area contributed by atoms with Crippen LogP contribution in [-0.2, 0) is 11.3 Å². The Kier molecular flexibility index (Phi) is 3.85. The van der Waals surface area contributed by atoms with Crippen LogP contribution in [0.3, 0.4) is 0 Å². The van der Waals surface area contributed by atoms with Gasteiger partial charge in [0, 0.05) is 11.4 Å². The predicted octanol–water partition coefficient (Wildman–Crippen LogP) is 2.43. The maximum Gasteiger partial charge on any atom is 0.338 e. The Bertz CT molecular complexity index is 590. The molecule has 0 saturated heterocycles. The van der Waals surface area contributed by atoms with Gasteiger partial charge in [-0.3, -0.25) is 0 Å². The molecule has 0 amide bonds. The fraction of sp³-hybridized carbons (Fsp3) is 0.286. The van der Waals surface area contributed by atoms with Gasteiger partial charge >= 0.3 is 5.97 Å². The highest BCUT2D eigenvalue weighted by Crippen LogP contribution is 2.20. The molecule has 0 aliphatic heterocycles. The van der Waals surface area contributed by atoms with Gasteiger partial charge in [0.15, 0.2) is 0 Å². The first kappa shape index (κ1) is 13.1. The summed E-state index contributed by atoms with van der Waals surface area (Å²) in [5.74, 6) is -0.322. The molecule has 5 nitrogen and oxygen atoms in total. The average molecular weight is 259 g/mol. The first-order valence-corrected chi connectivity index (χ1v) is 6.04. The third-order valence-electron chi connectivity index (χ3n) is 3.12. The van der Waals surface area contributed by atoms with E-state index in [1.165, 1.54) is 7.11 Å². The SMILES string of the molecule is COC(=O)c1cccc(NCc2nc[nH]c2C)c1C. The molecule has 0 spiro atoms. The number of benzene rings is 1. The quantitative estimate of drug-likeness (QED) is 0.827. The van der Waals surface area contributed by atoms with Crippen LogP contribution in [0.4, 0.5) is 5.69 Å². The lowest BCUT2D eigenvalue weighted by atomic mass is 10.1. The second-order valence-electron chi connectivity index (χ2n) is 4.30. The molecule has 19 heavy (non-hydrogen) atoms. The third kappa shape index (κ3) is 2.76. The van der Waals surface area contributed by atoms with E-state index in [2.05, 4.69) is 15.3 Å². The number of nitrogens with zero attached hydrogens (tertiary/aromatic N) is 1. The molecule has 0 unspecified atom stereocenters. The number of methoxy groups -OCH3 is 1. The van der Waals surface area contributed by atoms with Crippen LogP contribution in [0.15, 0.2) is 24.5 Å². The number of H-pyrrole nitrogens is 1. The number of esters is 1. The highest BCUT2D eigenvalue weighted by molar-refractivity contribution is 5.92. The minimum absolute atomic E-state index is 0.322. The molecule has 2 aromatic rings. The zero-order valence-electron chi connectivity index (χ0n) is 11.3. The van der Waals surface area contributed by atoms with E-state index >= 15 is 0 Å². The van der Waals surface area contributed by atoms with Crippen LogP contribution in [-0.4, -0.2) is 23.0 Å². The highest BCUT2D eigenvalue weighted by Gasteiger charge is 2.11. The molecular weight excluding hydrogens is 242 g/mol. The number of rotatable bonds is 4. The largest absolute Gasteiger partial charge is 0.465 e. The monoisotopic (exact) mass is 259 g/mol. The van der Waals surface area contributed by atoms with Gasteiger partial charge in [-0.25, -0.2) is 9.78 Å². The normalized spacial score (nSPS) is 10.3. The molecule has 0 aliphatic carbocycles. The number of anilines is 1. The van der Waals surface area contributed by atoms with Crippen molar-refractivity contribution in [2.45, 2.75) is 20.4 Å². The third-order valence-corrected chi connectivity index (χ3v) is 3.12. The number of aromatic amines is 1. The van der Waals surface area contributed by atoms with Gasteiger partial charge in [0.25, 0.3) is 0 Å². The van der Waals surface area contributed by atoms with Crippen molar-refractivity contribution in [2.24, 2.45) is 0 Å². The van der Waals surface area contributed by atoms with Crippen LogP contribution in [0.1, 0.15) is 27.3 Å². The van der Waals surface area contributed by atoms with Crippen LogP contribution in [0.2, 0.25) is 0 Å². The van der Waals surface area contributed by atoms with Crippen LogP contribution < -0.4 is 5.32 Å². The Hall–Kier alpha value is -2.30. The number of nitrogens with one attached hydrogen (secondary N) is 2. The second-order valence-corrected chi connectivity index (χ2v) is 4.30. The average Bonchev–Trinajstić information content (AvgIpc) is 2.82. The van der Waals surface area contributed by atoms with Crippen molar-refractivity contribution >= 4 is 11.7 Å². The fourth-order valence-corrected chi connectivity index (χ4v) is 1.90. The molecule has 0 radical (unpaired) electrons. The van der Waals surface area contributed by atoms with E-state index in [0.717, 1.165) is 22.6 Å². The van der Waals surface area contributed by atoms with Crippen molar-refractivity contribution in [1.82, 2.24) is 9.97 Å². The fourth-order valence-electron chi connectivity index (χ4n) is 1.90. The minimum Gasteiger partial charge on any atom is -0.465 e. The summed E-state index contributed by atoms with van der Waals surface area (Å²) >= 11 is 0. The van der Waals surface area contributed by atoms with E-state index in [9.17, 15) is 4.79 Å². The molecule has 5 heteroatoms. The van der Waals surface area contributed by atoms with Crippen LogP contribution >= 0.6 is 0 Å². The lowest BCUT2D eigenvalue weighted by Gasteiger charge is -2.11. The molecule has 100 valence electrons. The number of ether oxygens (including phenoxy) is 1. The molecule has 0 saturated carbocycles. The molecule has 0 fully saturated rings. The Balaban J connectivity index is 2.17. The molecule has 0 atom stereocenters. The lowest BCUT2D eigenvalue weighted by molar-refractivity contribution is 0.0600. The van der Waals surface area contributed by atoms with Crippen molar-refractivity contribution in [3.05, 3.63) is 47.0 Å². The van der Waals surface area contributed by atoms with Gasteiger partial charge in [-0.15, -0.1) is 0 Å². The van der Waals surface area contributed by atoms with Crippen molar-refractivity contribution in [3.8, 4) is 0 Å². The summed E-state index contributed by atoms with van der Waals surface area (Å²) in [5.41, 5.74) is 4.36. The van der Waals surface area contributed by atoms with Gasteiger partial charge in [-0.2, -0.15) is 0 Å². The summed E-state index contributed by atoms with van der Waals surface area (Å²) in [4.78, 5) is 18.9. The number of hydrogen-bond donors (Lipinski definition) is 2. The summed E-state index contributed by atoms with van der Waals surface area (Å²) in [6.45, 7) is 4.48. The van der Waals surface area contributed by atoms with E-state index in [1.807, 2.05) is 26.0 Å². The van der Waals surface area contributed by atoms with Gasteiger partial charge in [0.05, 0.1) is 31.2 Å². The summed E-state index contributed by atoms with van der Waals surface area (Å²) in [6.07, 6.45) is 1.67. The summed E-state index contributed by atoms with van der Waals surface area (Å²) in [5, 5.41) is 3.29. The molecule has 0 bridgehead atoms. The lowest BCUT2D eigenvalue weighted by Crippen LogP contribution is -2.08. The van der Waals surface area contributed by atoms with Gasteiger partial charge < -0.3 is 15.0 Å². The smallest absolute Gasteiger partial charge is 0.338 e. The maximum absolute atomic E-state index is 11.6. The molecule has 1 aromatic carbocycles. The molecule has 1 aromatic heterocycles. The van der Waals surface area contributed by atoms with Gasteiger partial charge in [0.2, 0.25) is 0 Å². The summed E-state index contributed by atoms with van der Waals surface area (Å²) in [7, 11) is 1.38. The van der Waals surface area contributed by atoms with Crippen LogP contribution in [0.25, 0.3) is 0 Å². The second kappa shape index (κ2) is 5.56. The van der Waals surface area contributed by atoms with E-state index < -0.39 is 0 Å². The zero-order chi connectivity index (χ0) is 13.8. The molecule has 1 heterocycles. The minimum atomic E-state index is -0.322. The Labute approximate surface area is 112 Å². The number of aryl methyl sites for hydroxylation is 1. The number of hydrogen-bond acceptors (Lipinski definition) is 4. The molecule has 0 aliphatic rings. The predicted molar refractivity (Wildman–Crippen MR) is 73.2 cm³/mol. The first-order valence-electron chi connectivity index (χ1n) is 6.04. The van der Waals surface area contributed by atoms with E-state index in [1.54, 1.807) is 12.4 Å². The Morgan fingerprint density at radius 3 is 2.84 bits per heavy atom. The van der Waals surface area contributed by atoms with E-state index in [-0.39, 0.29) is 5.97 Å². The summed E-state index contributed by atoms with van der Waals surface area (Å²) < 4.78 is 4.76. The van der Waals surface area contributed by atoms with Crippen molar-refractivity contribution in [1.29, 1.82) is 0 Å². The number of imidazole rings is 1.